The van der Waals surface area contributed by atoms with Gasteiger partial charge in [-0.25, -0.2) is 0 Å². The van der Waals surface area contributed by atoms with E-state index in [0.29, 0.717) is 6.54 Å². The Bertz CT molecular complexity index is 843. The highest BCUT2D eigenvalue weighted by Gasteiger charge is 1.89. The van der Waals surface area contributed by atoms with Gasteiger partial charge < -0.3 is 11.5 Å². The van der Waals surface area contributed by atoms with Crippen LogP contribution in [0.3, 0.4) is 0 Å². The standard InChI is InChI=1S/C8H10.C7H8N2.C7H9N.C6H6.2CH4/c1-2-8-6-4-3-5-7-8;8-7(9)6-4-2-1-3-5-6;8-6-7-4-2-1-3-5-7;1-2-4-6-5-3-1;;/h3-7H,2H2,1H3;1-5H,(H3,8,9);1-5H,6,8H2;1-6H;2*1H4. The SMILES string of the molecule is C.C.CCc1ccccc1.N=C(N)c1ccccc1.NCc1ccccc1.c1ccccc1. The second-order valence-electron chi connectivity index (χ2n) is 6.46. The van der Waals surface area contributed by atoms with Crippen molar-refractivity contribution < 1.29 is 0 Å². The molecule has 0 saturated carbocycles. The molecule has 176 valence electrons. The van der Waals surface area contributed by atoms with E-state index in [9.17, 15) is 0 Å². The number of benzene rings is 4. The van der Waals surface area contributed by atoms with Crippen molar-refractivity contribution in [3.63, 3.8) is 0 Å². The number of hydrogen-bond acceptors (Lipinski definition) is 2. The summed E-state index contributed by atoms with van der Waals surface area (Å²) in [6.07, 6.45) is 1.14. The van der Waals surface area contributed by atoms with Crippen molar-refractivity contribution in [3.8, 4) is 0 Å². The first-order valence-electron chi connectivity index (χ1n) is 10.3. The highest BCUT2D eigenvalue weighted by molar-refractivity contribution is 5.94. The Morgan fingerprint density at radius 3 is 1.09 bits per heavy atom. The summed E-state index contributed by atoms with van der Waals surface area (Å²) in [5.74, 6) is 0.121. The molecule has 0 amide bonds. The van der Waals surface area contributed by atoms with E-state index in [2.05, 4.69) is 31.2 Å². The van der Waals surface area contributed by atoms with Gasteiger partial charge in [-0.2, -0.15) is 0 Å². The lowest BCUT2D eigenvalue weighted by Gasteiger charge is -1.93. The number of amidine groups is 1. The molecule has 0 fully saturated rings. The summed E-state index contributed by atoms with van der Waals surface area (Å²) in [5.41, 5.74) is 13.9. The van der Waals surface area contributed by atoms with E-state index in [-0.39, 0.29) is 20.7 Å². The maximum absolute atomic E-state index is 7.01. The molecule has 0 aromatic heterocycles. The van der Waals surface area contributed by atoms with Crippen LogP contribution in [0.25, 0.3) is 0 Å². The summed E-state index contributed by atoms with van der Waals surface area (Å²) in [7, 11) is 0. The summed E-state index contributed by atoms with van der Waals surface area (Å²) in [6, 6.07) is 41.7. The number of aryl methyl sites for hydroxylation is 1. The zero-order valence-corrected chi connectivity index (χ0v) is 18.2. The van der Waals surface area contributed by atoms with Crippen molar-refractivity contribution in [2.24, 2.45) is 11.5 Å². The third-order valence-corrected chi connectivity index (χ3v) is 4.08. The van der Waals surface area contributed by atoms with Gasteiger partial charge in [0.15, 0.2) is 0 Å². The second-order valence-corrected chi connectivity index (χ2v) is 6.46. The Morgan fingerprint density at radius 1 is 0.576 bits per heavy atom. The van der Waals surface area contributed by atoms with Gasteiger partial charge in [0, 0.05) is 12.1 Å². The molecule has 0 spiro atoms. The molecular formula is C30H41N3. The number of nitrogen functional groups attached to an aromatic ring is 1. The summed E-state index contributed by atoms with van der Waals surface area (Å²) >= 11 is 0. The largest absolute Gasteiger partial charge is 0.384 e. The van der Waals surface area contributed by atoms with Crippen molar-refractivity contribution in [1.29, 1.82) is 5.41 Å². The molecule has 0 aliphatic rings. The van der Waals surface area contributed by atoms with Crippen LogP contribution in [0.4, 0.5) is 0 Å². The van der Waals surface area contributed by atoms with Gasteiger partial charge in [-0.3, -0.25) is 5.41 Å². The molecule has 0 heterocycles. The van der Waals surface area contributed by atoms with E-state index in [4.69, 9.17) is 16.9 Å². The van der Waals surface area contributed by atoms with Crippen LogP contribution < -0.4 is 11.5 Å². The molecule has 4 aromatic carbocycles. The summed E-state index contributed by atoms with van der Waals surface area (Å²) in [4.78, 5) is 0. The van der Waals surface area contributed by atoms with E-state index in [1.54, 1.807) is 0 Å². The minimum Gasteiger partial charge on any atom is -0.384 e. The third-order valence-electron chi connectivity index (χ3n) is 4.08. The zero-order chi connectivity index (χ0) is 22.6. The zero-order valence-electron chi connectivity index (χ0n) is 18.2. The molecule has 0 saturated heterocycles. The van der Waals surface area contributed by atoms with Crippen LogP contribution in [-0.4, -0.2) is 5.84 Å². The van der Waals surface area contributed by atoms with Crippen LogP contribution >= 0.6 is 0 Å². The average Bonchev–Trinajstić information content (AvgIpc) is 2.88. The first-order chi connectivity index (χ1) is 15.2. The predicted octanol–water partition coefficient (Wildman–Crippen LogP) is 7.32. The van der Waals surface area contributed by atoms with Crippen LogP contribution in [0.1, 0.15) is 38.5 Å². The third kappa shape index (κ3) is 16.6. The molecule has 3 nitrogen and oxygen atoms in total. The maximum atomic E-state index is 7.01. The Balaban J connectivity index is 0. The summed E-state index contributed by atoms with van der Waals surface area (Å²) in [5, 5.41) is 7.01. The molecule has 33 heavy (non-hydrogen) atoms. The smallest absolute Gasteiger partial charge is 0.122 e. The fourth-order valence-corrected chi connectivity index (χ4v) is 2.33. The number of nitrogens with two attached hydrogens (primary N) is 2. The summed E-state index contributed by atoms with van der Waals surface area (Å²) < 4.78 is 0. The molecule has 0 atom stereocenters. The number of rotatable bonds is 3. The molecule has 0 unspecified atom stereocenters. The van der Waals surface area contributed by atoms with Gasteiger partial charge in [-0.05, 0) is 17.5 Å². The topological polar surface area (TPSA) is 75.9 Å². The van der Waals surface area contributed by atoms with Gasteiger partial charge in [0.1, 0.15) is 5.84 Å². The maximum Gasteiger partial charge on any atom is 0.122 e. The Hall–Kier alpha value is -3.69. The predicted molar refractivity (Wildman–Crippen MR) is 148 cm³/mol. The molecule has 0 radical (unpaired) electrons. The highest BCUT2D eigenvalue weighted by Crippen LogP contribution is 1.97. The minimum absolute atomic E-state index is 0. The second kappa shape index (κ2) is 21.5. The van der Waals surface area contributed by atoms with Crippen LogP contribution in [0, 0.1) is 5.41 Å². The van der Waals surface area contributed by atoms with Gasteiger partial charge >= 0.3 is 0 Å². The Morgan fingerprint density at radius 2 is 0.879 bits per heavy atom. The molecule has 0 bridgehead atoms. The van der Waals surface area contributed by atoms with Crippen molar-refractivity contribution in [3.05, 3.63) is 144 Å². The Labute approximate surface area is 201 Å². The van der Waals surface area contributed by atoms with Crippen molar-refractivity contribution in [2.45, 2.75) is 34.7 Å². The van der Waals surface area contributed by atoms with E-state index in [1.807, 2.05) is 103 Å². The van der Waals surface area contributed by atoms with E-state index in [1.165, 1.54) is 11.1 Å². The monoisotopic (exact) mass is 443 g/mol. The van der Waals surface area contributed by atoms with Crippen molar-refractivity contribution >= 4 is 5.84 Å². The van der Waals surface area contributed by atoms with E-state index >= 15 is 0 Å². The molecule has 3 heteroatoms. The highest BCUT2D eigenvalue weighted by atomic mass is 14.7. The molecule has 0 aliphatic carbocycles. The van der Waals surface area contributed by atoms with E-state index in [0.717, 1.165) is 12.0 Å². The first kappa shape index (κ1) is 31.5. The van der Waals surface area contributed by atoms with Crippen molar-refractivity contribution in [2.75, 3.05) is 0 Å². The van der Waals surface area contributed by atoms with Crippen LogP contribution in [-0.2, 0) is 13.0 Å². The first-order valence-corrected chi connectivity index (χ1v) is 10.3. The lowest BCUT2D eigenvalue weighted by atomic mass is 10.2. The van der Waals surface area contributed by atoms with Crippen molar-refractivity contribution in [1.82, 2.24) is 0 Å². The van der Waals surface area contributed by atoms with Gasteiger partial charge in [-0.15, -0.1) is 0 Å². The van der Waals surface area contributed by atoms with Gasteiger partial charge in [-0.1, -0.05) is 149 Å². The molecule has 5 N–H and O–H groups in total. The molecule has 4 aromatic rings. The fraction of sp³-hybridized carbons (Fsp3) is 0.167. The average molecular weight is 444 g/mol. The number of nitrogens with one attached hydrogen (secondary N) is 1. The Kier molecular flexibility index (Phi) is 20.6. The molecule has 0 aliphatic heterocycles. The molecule has 4 rings (SSSR count). The normalized spacial score (nSPS) is 8.30. The van der Waals surface area contributed by atoms with Crippen LogP contribution in [0.15, 0.2) is 127 Å². The van der Waals surface area contributed by atoms with E-state index < -0.39 is 0 Å². The van der Waals surface area contributed by atoms with Crippen LogP contribution in [0.5, 0.6) is 0 Å². The molecular weight excluding hydrogens is 402 g/mol. The number of hydrogen-bond donors (Lipinski definition) is 3. The lowest BCUT2D eigenvalue weighted by Crippen LogP contribution is -2.10. The summed E-state index contributed by atoms with van der Waals surface area (Å²) in [6.45, 7) is 2.80. The van der Waals surface area contributed by atoms with Gasteiger partial charge in [0.05, 0.1) is 0 Å². The van der Waals surface area contributed by atoms with Gasteiger partial charge in [0.25, 0.3) is 0 Å². The lowest BCUT2D eigenvalue weighted by molar-refractivity contribution is 1.07. The van der Waals surface area contributed by atoms with Crippen LogP contribution in [0.2, 0.25) is 0 Å². The minimum atomic E-state index is 0. The quantitative estimate of drug-likeness (QED) is 0.229. The van der Waals surface area contributed by atoms with Gasteiger partial charge in [0.2, 0.25) is 0 Å². The fourth-order valence-electron chi connectivity index (χ4n) is 2.33.